The Kier molecular flexibility index (Phi) is 7.92. The number of aromatic nitrogens is 1. The molecule has 238 valence electrons. The van der Waals surface area contributed by atoms with Gasteiger partial charge in [0.1, 0.15) is 5.69 Å². The van der Waals surface area contributed by atoms with Crippen LogP contribution in [0.25, 0.3) is 10.9 Å². The highest BCUT2D eigenvalue weighted by Gasteiger charge is 2.41. The molecule has 0 amide bonds. The van der Waals surface area contributed by atoms with Crippen LogP contribution in [0.3, 0.4) is 0 Å². The highest BCUT2D eigenvalue weighted by atomic mass is 32.2. The fraction of sp³-hybridized carbons (Fsp3) is 0.727. The number of hydrogen-bond donors (Lipinski definition) is 1. The summed E-state index contributed by atoms with van der Waals surface area (Å²) in [6, 6.07) is 2.89. The predicted molar refractivity (Wildman–Crippen MR) is 183 cm³/mol. The molecule has 1 aromatic heterocycles. The minimum Gasteiger partial charge on any atom is -0.378 e. The van der Waals surface area contributed by atoms with Gasteiger partial charge in [-0.15, -0.1) is 11.8 Å². The van der Waals surface area contributed by atoms with Crippen molar-refractivity contribution in [2.45, 2.75) is 56.4 Å². The smallest absolute Gasteiger partial charge is 0.111 e. The van der Waals surface area contributed by atoms with E-state index in [9.17, 15) is 0 Å². The van der Waals surface area contributed by atoms with E-state index in [0.29, 0.717) is 6.04 Å². The largest absolute Gasteiger partial charge is 0.378 e. The van der Waals surface area contributed by atoms with Gasteiger partial charge in [0.2, 0.25) is 0 Å². The number of hydroxylamine groups is 1. The van der Waals surface area contributed by atoms with Crippen LogP contribution in [0.5, 0.6) is 0 Å². The molecule has 11 heteroatoms. The number of anilines is 4. The number of nitrogens with one attached hydrogen (secondary N) is 1. The van der Waals surface area contributed by atoms with Crippen molar-refractivity contribution < 1.29 is 9.57 Å². The van der Waals surface area contributed by atoms with E-state index in [-0.39, 0.29) is 5.37 Å². The number of nitrogens with zero attached hydrogens (tertiary/aromatic N) is 6. The Morgan fingerprint density at radius 2 is 1.68 bits per heavy atom. The Labute approximate surface area is 270 Å². The van der Waals surface area contributed by atoms with Crippen LogP contribution in [0.15, 0.2) is 6.07 Å². The van der Waals surface area contributed by atoms with Gasteiger partial charge in [-0.1, -0.05) is 0 Å². The van der Waals surface area contributed by atoms with Gasteiger partial charge in [-0.2, -0.15) is 0 Å². The van der Waals surface area contributed by atoms with E-state index >= 15 is 0 Å². The molecular formula is C33H47N7O2S2. The van der Waals surface area contributed by atoms with E-state index in [1.165, 1.54) is 102 Å². The van der Waals surface area contributed by atoms with Crippen molar-refractivity contribution in [3.05, 3.63) is 17.3 Å². The SMILES string of the molecule is c1c(N2CCCC2)c(N2CCCO2)c(N2CCOCC2)c2c(C3NCCS3)c(N3CCCS3)c(C3CC4CCN3CC4)nc12. The summed E-state index contributed by atoms with van der Waals surface area (Å²) >= 11 is 4.12. The summed E-state index contributed by atoms with van der Waals surface area (Å²) in [6.07, 6.45) is 8.76. The summed E-state index contributed by atoms with van der Waals surface area (Å²) in [5, 5.41) is 7.84. The molecule has 8 fully saturated rings. The second kappa shape index (κ2) is 12.2. The van der Waals surface area contributed by atoms with Gasteiger partial charge in [-0.3, -0.25) is 9.74 Å². The predicted octanol–water partition coefficient (Wildman–Crippen LogP) is 5.16. The molecule has 1 aromatic carbocycles. The van der Waals surface area contributed by atoms with Gasteiger partial charge in [0.05, 0.1) is 59.5 Å². The van der Waals surface area contributed by atoms with Crippen LogP contribution in [0.1, 0.15) is 67.6 Å². The third kappa shape index (κ3) is 4.96. The molecule has 9 nitrogen and oxygen atoms in total. The fourth-order valence-corrected chi connectivity index (χ4v) is 11.0. The molecule has 44 heavy (non-hydrogen) atoms. The maximum atomic E-state index is 6.45. The molecule has 8 aliphatic heterocycles. The molecule has 8 saturated heterocycles. The minimum absolute atomic E-state index is 0.260. The third-order valence-corrected chi connectivity index (χ3v) is 13.3. The number of fused-ring (bicyclic) bond motifs is 4. The molecule has 0 radical (unpaired) electrons. The quantitative estimate of drug-likeness (QED) is 0.428. The fourth-order valence-electron chi connectivity index (χ4n) is 8.82. The molecule has 2 unspecified atom stereocenters. The van der Waals surface area contributed by atoms with E-state index in [4.69, 9.17) is 14.6 Å². The van der Waals surface area contributed by atoms with Crippen molar-refractivity contribution in [2.75, 3.05) is 109 Å². The molecule has 10 rings (SSSR count). The number of pyridine rings is 1. The summed E-state index contributed by atoms with van der Waals surface area (Å²) < 4.78 is 8.60. The van der Waals surface area contributed by atoms with E-state index in [1.807, 2.05) is 11.9 Å². The van der Waals surface area contributed by atoms with Crippen molar-refractivity contribution in [2.24, 2.45) is 5.92 Å². The summed E-state index contributed by atoms with van der Waals surface area (Å²) in [7, 11) is 0. The van der Waals surface area contributed by atoms with Gasteiger partial charge in [0.15, 0.2) is 0 Å². The molecule has 1 N–H and O–H groups in total. The van der Waals surface area contributed by atoms with Crippen LogP contribution in [-0.2, 0) is 9.57 Å². The topological polar surface area (TPSA) is 59.6 Å². The average Bonchev–Trinajstić information content (AvgIpc) is 3.92. The number of thioether (sulfide) groups is 1. The normalized spacial score (nSPS) is 30.9. The number of hydrogen-bond acceptors (Lipinski definition) is 11. The summed E-state index contributed by atoms with van der Waals surface area (Å²) in [5.41, 5.74) is 9.40. The molecule has 2 aromatic rings. The van der Waals surface area contributed by atoms with Crippen molar-refractivity contribution in [1.82, 2.24) is 15.2 Å². The first-order chi connectivity index (χ1) is 21.8. The lowest BCUT2D eigenvalue weighted by Gasteiger charge is -2.46. The Bertz CT molecular complexity index is 1360. The van der Waals surface area contributed by atoms with Crippen LogP contribution in [-0.4, -0.2) is 100 Å². The lowest BCUT2D eigenvalue weighted by molar-refractivity contribution is 0.0473. The minimum atomic E-state index is 0.260. The molecule has 0 saturated carbocycles. The van der Waals surface area contributed by atoms with E-state index in [2.05, 4.69) is 47.2 Å². The maximum Gasteiger partial charge on any atom is 0.111 e. The zero-order valence-corrected chi connectivity index (χ0v) is 27.6. The Balaban J connectivity index is 1.36. The standard InChI is InChI=1S/C33H47N7O2S2/c1-2-9-36(8-1)26-22-24-27(32(38-14-17-41-18-15-38)30(26)39-10-3-16-42-39)28(33-34-7-20-43-33)31(40-11-4-19-44-40)29(35-24)25-21-23-5-12-37(25)13-6-23/h22-23,25,33-34H,1-21H2. The summed E-state index contributed by atoms with van der Waals surface area (Å²) in [6.45, 7) is 11.9. The highest BCUT2D eigenvalue weighted by molar-refractivity contribution is 8.01. The van der Waals surface area contributed by atoms with Crippen molar-refractivity contribution >= 4 is 57.4 Å². The first kappa shape index (κ1) is 28.6. The molecule has 2 bridgehead atoms. The van der Waals surface area contributed by atoms with Crippen molar-refractivity contribution in [3.8, 4) is 0 Å². The monoisotopic (exact) mass is 637 g/mol. The maximum absolute atomic E-state index is 6.45. The van der Waals surface area contributed by atoms with E-state index in [0.717, 1.165) is 83.7 Å². The van der Waals surface area contributed by atoms with Crippen LogP contribution in [0.4, 0.5) is 22.7 Å². The molecule has 9 heterocycles. The van der Waals surface area contributed by atoms with Crippen molar-refractivity contribution in [1.29, 1.82) is 0 Å². The Morgan fingerprint density at radius 1 is 0.818 bits per heavy atom. The first-order valence-electron chi connectivity index (χ1n) is 17.4. The van der Waals surface area contributed by atoms with Crippen LogP contribution >= 0.6 is 23.7 Å². The number of benzene rings is 1. The lowest BCUT2D eigenvalue weighted by atomic mass is 9.81. The molecule has 0 spiro atoms. The number of ether oxygens (including phenoxy) is 1. The van der Waals surface area contributed by atoms with Gasteiger partial charge in [0, 0.05) is 68.3 Å². The van der Waals surface area contributed by atoms with Crippen LogP contribution in [0.2, 0.25) is 0 Å². The summed E-state index contributed by atoms with van der Waals surface area (Å²) in [5.74, 6) is 3.17. The number of morpholine rings is 1. The third-order valence-electron chi connectivity index (χ3n) is 11.0. The van der Waals surface area contributed by atoms with E-state index < -0.39 is 0 Å². The van der Waals surface area contributed by atoms with Crippen LogP contribution < -0.4 is 24.5 Å². The first-order valence-corrected chi connectivity index (χ1v) is 19.3. The highest BCUT2D eigenvalue weighted by Crippen LogP contribution is 2.55. The Morgan fingerprint density at radius 3 is 2.36 bits per heavy atom. The zero-order chi connectivity index (χ0) is 29.0. The number of piperidine rings is 3. The molecule has 8 aliphatic rings. The van der Waals surface area contributed by atoms with E-state index in [1.54, 1.807) is 0 Å². The van der Waals surface area contributed by atoms with Gasteiger partial charge < -0.3 is 24.2 Å². The molecular weight excluding hydrogens is 591 g/mol. The second-order valence-electron chi connectivity index (χ2n) is 13.6. The Hall–Kier alpha value is -1.63. The van der Waals surface area contributed by atoms with Gasteiger partial charge in [-0.05, 0) is 82.0 Å². The molecule has 2 atom stereocenters. The zero-order valence-electron chi connectivity index (χ0n) is 26.0. The summed E-state index contributed by atoms with van der Waals surface area (Å²) in [4.78, 5) is 20.3. The van der Waals surface area contributed by atoms with Gasteiger partial charge in [-0.25, -0.2) is 10.0 Å². The van der Waals surface area contributed by atoms with Crippen molar-refractivity contribution in [3.63, 3.8) is 0 Å². The average molecular weight is 638 g/mol. The lowest BCUT2D eigenvalue weighted by Crippen LogP contribution is -2.44. The second-order valence-corrected chi connectivity index (χ2v) is 15.9. The van der Waals surface area contributed by atoms with Crippen LogP contribution in [0, 0.1) is 5.92 Å². The van der Waals surface area contributed by atoms with Gasteiger partial charge >= 0.3 is 0 Å². The number of rotatable bonds is 6. The van der Waals surface area contributed by atoms with Gasteiger partial charge in [0.25, 0.3) is 0 Å². The molecule has 0 aliphatic carbocycles.